The monoisotopic (exact) mass is 252 g/mol. The first-order valence-corrected chi connectivity index (χ1v) is 5.16. The minimum Gasteiger partial charge on any atom is -0.424 e. The molecule has 1 N–H and O–H groups in total. The second-order valence-corrected chi connectivity index (χ2v) is 3.60. The Morgan fingerprint density at radius 2 is 2.06 bits per heavy atom. The number of aliphatic hydroxyl groups excluding tert-OH is 1. The number of rotatable bonds is 3. The van der Waals surface area contributed by atoms with E-state index >= 15 is 0 Å². The summed E-state index contributed by atoms with van der Waals surface area (Å²) in [6.45, 7) is 1.52. The molecule has 0 aliphatic heterocycles. The van der Waals surface area contributed by atoms with Gasteiger partial charge in [-0.2, -0.15) is 4.98 Å². The van der Waals surface area contributed by atoms with Crippen LogP contribution in [-0.2, 0) is 6.61 Å². The number of nitrogens with zero attached hydrogens (tertiary/aromatic N) is 2. The number of hydrogen-bond donors (Lipinski definition) is 1. The molecule has 2 aromatic rings. The summed E-state index contributed by atoms with van der Waals surface area (Å²) >= 11 is 0. The van der Waals surface area contributed by atoms with Gasteiger partial charge in [0.05, 0.1) is 12.3 Å². The highest BCUT2D eigenvalue weighted by molar-refractivity contribution is 5.27. The first-order chi connectivity index (χ1) is 8.60. The van der Waals surface area contributed by atoms with Crippen molar-refractivity contribution in [2.75, 3.05) is 0 Å². The van der Waals surface area contributed by atoms with Gasteiger partial charge in [-0.1, -0.05) is 0 Å². The quantitative estimate of drug-likeness (QED) is 0.911. The van der Waals surface area contributed by atoms with Crippen LogP contribution < -0.4 is 4.74 Å². The van der Waals surface area contributed by atoms with Crippen LogP contribution in [0.3, 0.4) is 0 Å². The van der Waals surface area contributed by atoms with Crippen LogP contribution in [-0.4, -0.2) is 15.1 Å². The van der Waals surface area contributed by atoms with Crippen LogP contribution in [0.15, 0.2) is 24.4 Å². The Labute approximate surface area is 102 Å². The highest BCUT2D eigenvalue weighted by Gasteiger charge is 2.07. The summed E-state index contributed by atoms with van der Waals surface area (Å²) < 4.78 is 30.8. The molecule has 94 valence electrons. The summed E-state index contributed by atoms with van der Waals surface area (Å²) in [5.41, 5.74) is 1.14. The molecule has 0 unspecified atom stereocenters. The summed E-state index contributed by atoms with van der Waals surface area (Å²) in [5, 5.41) is 8.95. The molecule has 1 aromatic carbocycles. The van der Waals surface area contributed by atoms with E-state index in [1.54, 1.807) is 6.92 Å². The van der Waals surface area contributed by atoms with Crippen molar-refractivity contribution in [3.8, 4) is 11.8 Å². The van der Waals surface area contributed by atoms with E-state index in [4.69, 9.17) is 9.84 Å². The van der Waals surface area contributed by atoms with Gasteiger partial charge in [0.25, 0.3) is 0 Å². The van der Waals surface area contributed by atoms with Gasteiger partial charge in [0.2, 0.25) is 0 Å². The van der Waals surface area contributed by atoms with Crippen molar-refractivity contribution in [2.24, 2.45) is 0 Å². The van der Waals surface area contributed by atoms with E-state index in [-0.39, 0.29) is 18.4 Å². The van der Waals surface area contributed by atoms with E-state index < -0.39 is 11.6 Å². The minimum atomic E-state index is -1.00. The molecule has 0 saturated heterocycles. The van der Waals surface area contributed by atoms with Crippen molar-refractivity contribution in [3.63, 3.8) is 0 Å². The van der Waals surface area contributed by atoms with E-state index in [2.05, 4.69) is 9.97 Å². The molecule has 0 bridgehead atoms. The maximum Gasteiger partial charge on any atom is 0.322 e. The average molecular weight is 252 g/mol. The van der Waals surface area contributed by atoms with Gasteiger partial charge in [-0.05, 0) is 19.1 Å². The SMILES string of the molecule is Cc1nc(Oc2ccc(F)c(F)c2)ncc1CO. The second kappa shape index (κ2) is 5.05. The predicted molar refractivity (Wildman–Crippen MR) is 59.1 cm³/mol. The second-order valence-electron chi connectivity index (χ2n) is 3.60. The summed E-state index contributed by atoms with van der Waals surface area (Å²) in [4.78, 5) is 7.83. The lowest BCUT2D eigenvalue weighted by molar-refractivity contribution is 0.279. The van der Waals surface area contributed by atoms with E-state index in [1.807, 2.05) is 0 Å². The van der Waals surface area contributed by atoms with Crippen molar-refractivity contribution in [1.82, 2.24) is 9.97 Å². The zero-order valence-corrected chi connectivity index (χ0v) is 9.52. The van der Waals surface area contributed by atoms with Gasteiger partial charge in [0.15, 0.2) is 11.6 Å². The molecule has 0 radical (unpaired) electrons. The maximum atomic E-state index is 13.0. The Balaban J connectivity index is 2.23. The van der Waals surface area contributed by atoms with Gasteiger partial charge in [0, 0.05) is 17.8 Å². The van der Waals surface area contributed by atoms with Crippen LogP contribution in [0.2, 0.25) is 0 Å². The lowest BCUT2D eigenvalue weighted by Crippen LogP contribution is -1.98. The fourth-order valence-electron chi connectivity index (χ4n) is 1.32. The van der Waals surface area contributed by atoms with Crippen LogP contribution in [0.1, 0.15) is 11.3 Å². The molecule has 2 rings (SSSR count). The van der Waals surface area contributed by atoms with Crippen LogP contribution in [0.25, 0.3) is 0 Å². The Morgan fingerprint density at radius 1 is 1.28 bits per heavy atom. The van der Waals surface area contributed by atoms with Gasteiger partial charge in [-0.3, -0.25) is 0 Å². The topological polar surface area (TPSA) is 55.2 Å². The number of aromatic nitrogens is 2. The molecule has 6 heteroatoms. The third kappa shape index (κ3) is 2.60. The minimum absolute atomic E-state index is 0.00991. The first-order valence-electron chi connectivity index (χ1n) is 5.16. The third-order valence-corrected chi connectivity index (χ3v) is 2.33. The van der Waals surface area contributed by atoms with Gasteiger partial charge >= 0.3 is 6.01 Å². The molecule has 0 atom stereocenters. The van der Waals surface area contributed by atoms with E-state index in [9.17, 15) is 8.78 Å². The van der Waals surface area contributed by atoms with Crippen molar-refractivity contribution < 1.29 is 18.6 Å². The van der Waals surface area contributed by atoms with E-state index in [0.29, 0.717) is 11.3 Å². The van der Waals surface area contributed by atoms with Crippen LogP contribution in [0, 0.1) is 18.6 Å². The molecule has 18 heavy (non-hydrogen) atoms. The zero-order valence-electron chi connectivity index (χ0n) is 9.52. The Hall–Kier alpha value is -2.08. The fraction of sp³-hybridized carbons (Fsp3) is 0.167. The number of benzene rings is 1. The fourth-order valence-corrected chi connectivity index (χ4v) is 1.32. The Bertz CT molecular complexity index is 576. The third-order valence-electron chi connectivity index (χ3n) is 2.33. The molecule has 0 aliphatic rings. The largest absolute Gasteiger partial charge is 0.424 e. The van der Waals surface area contributed by atoms with E-state index in [0.717, 1.165) is 12.1 Å². The molecule has 4 nitrogen and oxygen atoms in total. The molecule has 0 saturated carbocycles. The van der Waals surface area contributed by atoms with E-state index in [1.165, 1.54) is 12.3 Å². The number of aliphatic hydroxyl groups is 1. The van der Waals surface area contributed by atoms with Gasteiger partial charge < -0.3 is 9.84 Å². The normalized spacial score (nSPS) is 10.4. The molecule has 1 aromatic heterocycles. The lowest BCUT2D eigenvalue weighted by atomic mass is 10.3. The van der Waals surface area contributed by atoms with Crippen molar-refractivity contribution in [3.05, 3.63) is 47.3 Å². The molecule has 0 spiro atoms. The smallest absolute Gasteiger partial charge is 0.322 e. The maximum absolute atomic E-state index is 13.0. The number of hydrogen-bond acceptors (Lipinski definition) is 4. The molecule has 0 fully saturated rings. The Morgan fingerprint density at radius 3 is 2.67 bits per heavy atom. The molecule has 0 aliphatic carbocycles. The summed E-state index contributed by atoms with van der Waals surface area (Å²) in [7, 11) is 0. The van der Waals surface area contributed by atoms with Crippen molar-refractivity contribution >= 4 is 0 Å². The standard InChI is InChI=1S/C12H10F2N2O2/c1-7-8(6-17)5-15-12(16-7)18-9-2-3-10(13)11(14)4-9/h2-5,17H,6H2,1H3. The number of ether oxygens (including phenoxy) is 1. The van der Waals surface area contributed by atoms with Crippen LogP contribution in [0.4, 0.5) is 8.78 Å². The van der Waals surface area contributed by atoms with Crippen LogP contribution in [0.5, 0.6) is 11.8 Å². The molecular weight excluding hydrogens is 242 g/mol. The van der Waals surface area contributed by atoms with Crippen molar-refractivity contribution in [1.29, 1.82) is 0 Å². The highest BCUT2D eigenvalue weighted by atomic mass is 19.2. The van der Waals surface area contributed by atoms with Gasteiger partial charge in [-0.25, -0.2) is 13.8 Å². The summed E-state index contributed by atoms with van der Waals surface area (Å²) in [6.07, 6.45) is 1.41. The number of halogens is 2. The van der Waals surface area contributed by atoms with Crippen molar-refractivity contribution in [2.45, 2.75) is 13.5 Å². The Kier molecular flexibility index (Phi) is 3.47. The number of aryl methyl sites for hydroxylation is 1. The first kappa shape index (κ1) is 12.4. The molecule has 0 amide bonds. The average Bonchev–Trinajstić information content (AvgIpc) is 2.34. The summed E-state index contributed by atoms with van der Waals surface area (Å²) in [6, 6.07) is 3.15. The predicted octanol–water partition coefficient (Wildman–Crippen LogP) is 2.35. The lowest BCUT2D eigenvalue weighted by Gasteiger charge is -2.06. The van der Waals surface area contributed by atoms with Gasteiger partial charge in [-0.15, -0.1) is 0 Å². The zero-order chi connectivity index (χ0) is 13.1. The van der Waals surface area contributed by atoms with Gasteiger partial charge in [0.1, 0.15) is 5.75 Å². The molecular formula is C12H10F2N2O2. The highest BCUT2D eigenvalue weighted by Crippen LogP contribution is 2.20. The summed E-state index contributed by atoms with van der Waals surface area (Å²) in [5.74, 6) is -1.85. The molecule has 1 heterocycles. The van der Waals surface area contributed by atoms with Crippen LogP contribution >= 0.6 is 0 Å².